The molecule has 2 aromatic carbocycles. The standard InChI is InChI=1S/C23H25N/c1-5-17-11-12-19(18-9-7-6-8-10-18)15-21(17)22-16-20(13-14-24-22)23(2,3)4/h6-16H,5H2,1-4H3. The highest BCUT2D eigenvalue weighted by atomic mass is 14.7. The highest BCUT2D eigenvalue weighted by Crippen LogP contribution is 2.31. The summed E-state index contributed by atoms with van der Waals surface area (Å²) in [6.45, 7) is 8.93. The molecule has 0 unspecified atom stereocenters. The number of aryl methyl sites for hydroxylation is 1. The molecule has 1 aromatic heterocycles. The Morgan fingerprint density at radius 3 is 2.25 bits per heavy atom. The number of rotatable bonds is 3. The van der Waals surface area contributed by atoms with Crippen LogP contribution in [0.15, 0.2) is 66.9 Å². The fraction of sp³-hybridized carbons (Fsp3) is 0.261. The zero-order valence-corrected chi connectivity index (χ0v) is 15.0. The maximum atomic E-state index is 4.67. The second kappa shape index (κ2) is 6.60. The monoisotopic (exact) mass is 315 g/mol. The molecule has 24 heavy (non-hydrogen) atoms. The van der Waals surface area contributed by atoms with Gasteiger partial charge < -0.3 is 0 Å². The molecule has 0 amide bonds. The van der Waals surface area contributed by atoms with Crippen LogP contribution in [0.4, 0.5) is 0 Å². The molecule has 1 heterocycles. The smallest absolute Gasteiger partial charge is 0.0707 e. The predicted octanol–water partition coefficient (Wildman–Crippen LogP) is 6.28. The lowest BCUT2D eigenvalue weighted by Crippen LogP contribution is -2.11. The van der Waals surface area contributed by atoms with Crippen molar-refractivity contribution in [2.24, 2.45) is 0 Å². The fourth-order valence-corrected chi connectivity index (χ4v) is 2.98. The molecule has 0 fully saturated rings. The van der Waals surface area contributed by atoms with Crippen molar-refractivity contribution in [3.05, 3.63) is 78.0 Å². The summed E-state index contributed by atoms with van der Waals surface area (Å²) in [5, 5.41) is 0. The van der Waals surface area contributed by atoms with Crippen LogP contribution in [0.2, 0.25) is 0 Å². The summed E-state index contributed by atoms with van der Waals surface area (Å²) in [6.07, 6.45) is 2.94. The van der Waals surface area contributed by atoms with Gasteiger partial charge in [-0.05, 0) is 52.3 Å². The van der Waals surface area contributed by atoms with E-state index < -0.39 is 0 Å². The Balaban J connectivity index is 2.13. The molecule has 0 saturated carbocycles. The molecule has 1 heteroatoms. The van der Waals surface area contributed by atoms with Crippen molar-refractivity contribution in [2.75, 3.05) is 0 Å². The van der Waals surface area contributed by atoms with Crippen LogP contribution in [0.5, 0.6) is 0 Å². The van der Waals surface area contributed by atoms with Crippen molar-refractivity contribution < 1.29 is 0 Å². The van der Waals surface area contributed by atoms with Gasteiger partial charge in [0.2, 0.25) is 0 Å². The lowest BCUT2D eigenvalue weighted by atomic mass is 9.86. The van der Waals surface area contributed by atoms with E-state index in [0.717, 1.165) is 12.1 Å². The Kier molecular flexibility index (Phi) is 4.53. The summed E-state index contributed by atoms with van der Waals surface area (Å²) < 4.78 is 0. The van der Waals surface area contributed by atoms with Crippen LogP contribution < -0.4 is 0 Å². The van der Waals surface area contributed by atoms with Gasteiger partial charge in [-0.25, -0.2) is 0 Å². The van der Waals surface area contributed by atoms with Gasteiger partial charge in [-0.2, -0.15) is 0 Å². The first-order valence-electron chi connectivity index (χ1n) is 8.64. The van der Waals surface area contributed by atoms with Gasteiger partial charge >= 0.3 is 0 Å². The molecule has 0 atom stereocenters. The van der Waals surface area contributed by atoms with E-state index in [1.165, 1.54) is 27.8 Å². The first-order valence-corrected chi connectivity index (χ1v) is 8.64. The van der Waals surface area contributed by atoms with Gasteiger partial charge in [-0.3, -0.25) is 4.98 Å². The van der Waals surface area contributed by atoms with E-state index in [0.29, 0.717) is 0 Å². The molecule has 0 spiro atoms. The van der Waals surface area contributed by atoms with E-state index >= 15 is 0 Å². The number of aromatic nitrogens is 1. The number of nitrogens with zero attached hydrogens (tertiary/aromatic N) is 1. The molecule has 0 bridgehead atoms. The van der Waals surface area contributed by atoms with Crippen LogP contribution in [-0.2, 0) is 11.8 Å². The lowest BCUT2D eigenvalue weighted by molar-refractivity contribution is 0.589. The normalized spacial score (nSPS) is 11.5. The van der Waals surface area contributed by atoms with E-state index in [9.17, 15) is 0 Å². The highest BCUT2D eigenvalue weighted by Gasteiger charge is 2.16. The molecule has 122 valence electrons. The zero-order valence-electron chi connectivity index (χ0n) is 15.0. The Bertz CT molecular complexity index is 826. The van der Waals surface area contributed by atoms with Crippen LogP contribution in [-0.4, -0.2) is 4.98 Å². The molecule has 1 nitrogen and oxygen atoms in total. The SMILES string of the molecule is CCc1ccc(-c2ccccc2)cc1-c1cc(C(C)(C)C)ccn1. The van der Waals surface area contributed by atoms with E-state index in [4.69, 9.17) is 0 Å². The molecular weight excluding hydrogens is 290 g/mol. The number of hydrogen-bond donors (Lipinski definition) is 0. The van der Waals surface area contributed by atoms with Crippen LogP contribution >= 0.6 is 0 Å². The predicted molar refractivity (Wildman–Crippen MR) is 103 cm³/mol. The molecule has 0 radical (unpaired) electrons. The van der Waals surface area contributed by atoms with Crippen LogP contribution in [0.3, 0.4) is 0 Å². The van der Waals surface area contributed by atoms with E-state index in [-0.39, 0.29) is 5.41 Å². The van der Waals surface area contributed by atoms with Crippen molar-refractivity contribution in [1.29, 1.82) is 0 Å². The molecule has 0 saturated heterocycles. The van der Waals surface area contributed by atoms with Crippen molar-refractivity contribution in [2.45, 2.75) is 39.5 Å². The largest absolute Gasteiger partial charge is 0.256 e. The summed E-state index contributed by atoms with van der Waals surface area (Å²) in [5.41, 5.74) is 7.58. The van der Waals surface area contributed by atoms with Crippen LogP contribution in [0.25, 0.3) is 22.4 Å². The molecule has 3 aromatic rings. The average molecular weight is 315 g/mol. The van der Waals surface area contributed by atoms with E-state index in [2.05, 4.69) is 93.3 Å². The number of hydrogen-bond acceptors (Lipinski definition) is 1. The lowest BCUT2D eigenvalue weighted by Gasteiger charge is -2.20. The molecule has 3 rings (SSSR count). The zero-order chi connectivity index (χ0) is 17.2. The highest BCUT2D eigenvalue weighted by molar-refractivity contribution is 5.74. The first-order chi connectivity index (χ1) is 11.5. The second-order valence-electron chi connectivity index (χ2n) is 7.27. The Morgan fingerprint density at radius 1 is 0.833 bits per heavy atom. The van der Waals surface area contributed by atoms with Gasteiger partial charge in [0, 0.05) is 11.8 Å². The van der Waals surface area contributed by atoms with E-state index in [1.807, 2.05) is 6.20 Å². The van der Waals surface area contributed by atoms with Gasteiger partial charge in [0.05, 0.1) is 5.69 Å². The summed E-state index contributed by atoms with van der Waals surface area (Å²) in [6, 6.07) is 21.6. The topological polar surface area (TPSA) is 12.9 Å². The van der Waals surface area contributed by atoms with Crippen LogP contribution in [0, 0.1) is 0 Å². The second-order valence-corrected chi connectivity index (χ2v) is 7.27. The first kappa shape index (κ1) is 16.4. The maximum absolute atomic E-state index is 4.67. The van der Waals surface area contributed by atoms with Crippen LogP contribution in [0.1, 0.15) is 38.8 Å². The molecule has 0 aliphatic heterocycles. The fourth-order valence-electron chi connectivity index (χ4n) is 2.98. The third kappa shape index (κ3) is 3.41. The molecule has 0 N–H and O–H groups in total. The van der Waals surface area contributed by atoms with Gasteiger partial charge in [0.1, 0.15) is 0 Å². The Labute approximate surface area is 145 Å². The van der Waals surface area contributed by atoms with Crippen molar-refractivity contribution in [3.8, 4) is 22.4 Å². The van der Waals surface area contributed by atoms with Crippen molar-refractivity contribution in [3.63, 3.8) is 0 Å². The molecule has 0 aliphatic rings. The average Bonchev–Trinajstić information content (AvgIpc) is 2.61. The number of benzene rings is 2. The van der Waals surface area contributed by atoms with Gasteiger partial charge in [0.15, 0.2) is 0 Å². The molecule has 0 aliphatic carbocycles. The summed E-state index contributed by atoms with van der Waals surface area (Å²) >= 11 is 0. The maximum Gasteiger partial charge on any atom is 0.0707 e. The summed E-state index contributed by atoms with van der Waals surface area (Å²) in [7, 11) is 0. The minimum Gasteiger partial charge on any atom is -0.256 e. The van der Waals surface area contributed by atoms with Gasteiger partial charge in [-0.1, -0.05) is 70.2 Å². The van der Waals surface area contributed by atoms with Gasteiger partial charge in [-0.15, -0.1) is 0 Å². The number of pyridine rings is 1. The summed E-state index contributed by atoms with van der Waals surface area (Å²) in [5.74, 6) is 0. The van der Waals surface area contributed by atoms with Crippen molar-refractivity contribution >= 4 is 0 Å². The Hall–Kier alpha value is -2.41. The Morgan fingerprint density at radius 2 is 1.58 bits per heavy atom. The minimum atomic E-state index is 0.126. The molecular formula is C23H25N. The third-order valence-electron chi connectivity index (χ3n) is 4.50. The van der Waals surface area contributed by atoms with Gasteiger partial charge in [0.25, 0.3) is 0 Å². The summed E-state index contributed by atoms with van der Waals surface area (Å²) in [4.78, 5) is 4.67. The van der Waals surface area contributed by atoms with Crippen molar-refractivity contribution in [1.82, 2.24) is 4.98 Å². The minimum absolute atomic E-state index is 0.126. The quantitative estimate of drug-likeness (QED) is 0.554. The third-order valence-corrected chi connectivity index (χ3v) is 4.50. The van der Waals surface area contributed by atoms with E-state index in [1.54, 1.807) is 0 Å².